The summed E-state index contributed by atoms with van der Waals surface area (Å²) in [5, 5.41) is 17.6. The Labute approximate surface area is 139 Å². The van der Waals surface area contributed by atoms with Gasteiger partial charge in [0.2, 0.25) is 0 Å². The Hall–Kier alpha value is -1.69. The molecule has 6 heteroatoms. The summed E-state index contributed by atoms with van der Waals surface area (Å²) in [6, 6.07) is 6.31. The standard InChI is InChI=1S/C17H19ClFN3O/c1-11-16(9-20-14-5-2-12(8-14)10-23)17(18)22(21-11)15-6-3-13(19)4-7-15/h2-7,12,14,20,23H,8-10H2,1H3/t12-,14+/m0/s1. The van der Waals surface area contributed by atoms with E-state index in [0.29, 0.717) is 11.7 Å². The maximum atomic E-state index is 13.0. The first-order valence-electron chi connectivity index (χ1n) is 7.61. The Morgan fingerprint density at radius 2 is 2.09 bits per heavy atom. The van der Waals surface area contributed by atoms with Gasteiger partial charge in [-0.2, -0.15) is 5.10 Å². The average molecular weight is 336 g/mol. The number of aromatic nitrogens is 2. The Bertz CT molecular complexity index is 711. The molecule has 0 unspecified atom stereocenters. The van der Waals surface area contributed by atoms with E-state index >= 15 is 0 Å². The minimum Gasteiger partial charge on any atom is -0.396 e. The van der Waals surface area contributed by atoms with Gasteiger partial charge in [0.1, 0.15) is 11.0 Å². The molecule has 1 heterocycles. The summed E-state index contributed by atoms with van der Waals surface area (Å²) in [7, 11) is 0. The third-order valence-corrected chi connectivity index (χ3v) is 4.53. The first kappa shape index (κ1) is 16.2. The molecule has 0 aliphatic heterocycles. The molecule has 2 atom stereocenters. The Kier molecular flexibility index (Phi) is 4.80. The van der Waals surface area contributed by atoms with Crippen LogP contribution in [0.15, 0.2) is 36.4 Å². The van der Waals surface area contributed by atoms with Crippen molar-refractivity contribution in [3.63, 3.8) is 0 Å². The normalized spacial score (nSPS) is 20.3. The van der Waals surface area contributed by atoms with Crippen molar-refractivity contribution in [2.24, 2.45) is 5.92 Å². The molecule has 0 radical (unpaired) electrons. The molecule has 0 bridgehead atoms. The lowest BCUT2D eigenvalue weighted by Crippen LogP contribution is -2.26. The molecule has 0 saturated heterocycles. The van der Waals surface area contributed by atoms with E-state index in [1.165, 1.54) is 12.1 Å². The first-order valence-corrected chi connectivity index (χ1v) is 7.98. The lowest BCUT2D eigenvalue weighted by Gasteiger charge is -2.12. The lowest BCUT2D eigenvalue weighted by molar-refractivity contribution is 0.246. The molecule has 1 aromatic heterocycles. The number of halogens is 2. The third-order valence-electron chi connectivity index (χ3n) is 4.14. The molecule has 2 N–H and O–H groups in total. The highest BCUT2D eigenvalue weighted by Crippen LogP contribution is 2.24. The van der Waals surface area contributed by atoms with Gasteiger partial charge in [-0.3, -0.25) is 0 Å². The average Bonchev–Trinajstić information content (AvgIpc) is 3.11. The van der Waals surface area contributed by atoms with Crippen molar-refractivity contribution < 1.29 is 9.50 Å². The van der Waals surface area contributed by atoms with Gasteiger partial charge in [0, 0.05) is 30.7 Å². The number of nitrogens with one attached hydrogen (secondary N) is 1. The third kappa shape index (κ3) is 3.47. The summed E-state index contributed by atoms with van der Waals surface area (Å²) in [5.74, 6) is -0.0619. The van der Waals surface area contributed by atoms with Gasteiger partial charge in [-0.1, -0.05) is 23.8 Å². The smallest absolute Gasteiger partial charge is 0.137 e. The molecule has 2 aromatic rings. The SMILES string of the molecule is Cc1nn(-c2ccc(F)cc2)c(Cl)c1CN[C@@H]1C=C[C@H](CO)C1. The van der Waals surface area contributed by atoms with Crippen LogP contribution < -0.4 is 5.32 Å². The highest BCUT2D eigenvalue weighted by atomic mass is 35.5. The monoisotopic (exact) mass is 335 g/mol. The fourth-order valence-electron chi connectivity index (χ4n) is 2.78. The Morgan fingerprint density at radius 3 is 2.74 bits per heavy atom. The van der Waals surface area contributed by atoms with Gasteiger partial charge in [-0.05, 0) is 37.6 Å². The summed E-state index contributed by atoms with van der Waals surface area (Å²) >= 11 is 6.45. The minimum atomic E-state index is -0.290. The number of nitrogens with zero attached hydrogens (tertiary/aromatic N) is 2. The van der Waals surface area contributed by atoms with Gasteiger partial charge in [0.25, 0.3) is 0 Å². The fraction of sp³-hybridized carbons (Fsp3) is 0.353. The van der Waals surface area contributed by atoms with Crippen LogP contribution in [0.2, 0.25) is 5.15 Å². The van der Waals surface area contributed by atoms with Crippen molar-refractivity contribution in [2.75, 3.05) is 6.61 Å². The summed E-state index contributed by atoms with van der Waals surface area (Å²) in [5.41, 5.74) is 2.50. The number of benzene rings is 1. The zero-order valence-electron chi connectivity index (χ0n) is 12.8. The van der Waals surface area contributed by atoms with Crippen molar-refractivity contribution >= 4 is 11.6 Å². The summed E-state index contributed by atoms with van der Waals surface area (Å²) in [4.78, 5) is 0. The van der Waals surface area contributed by atoms with Crippen LogP contribution in [0.1, 0.15) is 17.7 Å². The lowest BCUT2D eigenvalue weighted by atomic mass is 10.1. The van der Waals surface area contributed by atoms with E-state index in [-0.39, 0.29) is 24.4 Å². The molecule has 23 heavy (non-hydrogen) atoms. The molecule has 0 fully saturated rings. The second-order valence-electron chi connectivity index (χ2n) is 5.79. The van der Waals surface area contributed by atoms with Crippen molar-refractivity contribution in [1.82, 2.24) is 15.1 Å². The summed E-state index contributed by atoms with van der Waals surface area (Å²) < 4.78 is 14.7. The van der Waals surface area contributed by atoms with E-state index in [2.05, 4.69) is 16.5 Å². The first-order chi connectivity index (χ1) is 11.1. The highest BCUT2D eigenvalue weighted by Gasteiger charge is 2.20. The zero-order chi connectivity index (χ0) is 16.4. The minimum absolute atomic E-state index is 0.178. The van der Waals surface area contributed by atoms with Crippen LogP contribution in [0.5, 0.6) is 0 Å². The maximum Gasteiger partial charge on any atom is 0.137 e. The molecule has 0 spiro atoms. The molecular weight excluding hydrogens is 317 g/mol. The largest absolute Gasteiger partial charge is 0.396 e. The second-order valence-corrected chi connectivity index (χ2v) is 6.15. The molecule has 1 aromatic carbocycles. The van der Waals surface area contributed by atoms with Crippen molar-refractivity contribution in [3.8, 4) is 5.69 Å². The predicted octanol–water partition coefficient (Wildman–Crippen LogP) is 3.00. The number of hydrogen-bond acceptors (Lipinski definition) is 3. The zero-order valence-corrected chi connectivity index (χ0v) is 13.6. The molecule has 122 valence electrons. The molecule has 3 rings (SSSR count). The van der Waals surface area contributed by atoms with Crippen LogP contribution in [0.3, 0.4) is 0 Å². The number of aliphatic hydroxyl groups excluding tert-OH is 1. The number of hydrogen-bond donors (Lipinski definition) is 2. The van der Waals surface area contributed by atoms with Crippen LogP contribution >= 0.6 is 11.6 Å². The van der Waals surface area contributed by atoms with E-state index in [0.717, 1.165) is 23.4 Å². The van der Waals surface area contributed by atoms with Crippen LogP contribution in [-0.4, -0.2) is 27.5 Å². The van der Waals surface area contributed by atoms with Gasteiger partial charge < -0.3 is 10.4 Å². The van der Waals surface area contributed by atoms with Gasteiger partial charge >= 0.3 is 0 Å². The van der Waals surface area contributed by atoms with Crippen molar-refractivity contribution in [1.29, 1.82) is 0 Å². The fourth-order valence-corrected chi connectivity index (χ4v) is 3.12. The Balaban J connectivity index is 1.73. The molecule has 0 amide bonds. The van der Waals surface area contributed by atoms with E-state index in [4.69, 9.17) is 16.7 Å². The maximum absolute atomic E-state index is 13.0. The molecule has 1 aliphatic rings. The summed E-state index contributed by atoms with van der Waals surface area (Å²) in [6.07, 6.45) is 5.00. The van der Waals surface area contributed by atoms with E-state index < -0.39 is 0 Å². The number of aryl methyl sites for hydroxylation is 1. The molecular formula is C17H19ClFN3O. The Morgan fingerprint density at radius 1 is 1.35 bits per heavy atom. The highest BCUT2D eigenvalue weighted by molar-refractivity contribution is 6.30. The predicted molar refractivity (Wildman–Crippen MR) is 88.2 cm³/mol. The van der Waals surface area contributed by atoms with Crippen LogP contribution in [0.25, 0.3) is 5.69 Å². The summed E-state index contributed by atoms with van der Waals surface area (Å²) in [6.45, 7) is 2.68. The van der Waals surface area contributed by atoms with Gasteiger partial charge in [0.15, 0.2) is 0 Å². The number of aliphatic hydroxyl groups is 1. The van der Waals surface area contributed by atoms with Gasteiger partial charge in [0.05, 0.1) is 11.4 Å². The molecule has 0 saturated carbocycles. The topological polar surface area (TPSA) is 50.1 Å². The van der Waals surface area contributed by atoms with Crippen LogP contribution in [0.4, 0.5) is 4.39 Å². The van der Waals surface area contributed by atoms with E-state index in [9.17, 15) is 4.39 Å². The van der Waals surface area contributed by atoms with Gasteiger partial charge in [-0.25, -0.2) is 9.07 Å². The van der Waals surface area contributed by atoms with Crippen molar-refractivity contribution in [2.45, 2.75) is 25.9 Å². The van der Waals surface area contributed by atoms with Crippen LogP contribution in [0, 0.1) is 18.7 Å². The van der Waals surface area contributed by atoms with Crippen LogP contribution in [-0.2, 0) is 6.54 Å². The van der Waals surface area contributed by atoms with Gasteiger partial charge in [-0.15, -0.1) is 0 Å². The quantitative estimate of drug-likeness (QED) is 0.826. The van der Waals surface area contributed by atoms with Crippen molar-refractivity contribution in [3.05, 3.63) is 58.6 Å². The molecule has 1 aliphatic carbocycles. The van der Waals surface area contributed by atoms with E-state index in [1.807, 2.05) is 13.0 Å². The number of rotatable bonds is 5. The molecule has 4 nitrogen and oxygen atoms in total. The van der Waals surface area contributed by atoms with E-state index in [1.54, 1.807) is 16.8 Å². The second kappa shape index (κ2) is 6.83.